The minimum Gasteiger partial charge on any atom is -0.405 e. The highest BCUT2D eigenvalue weighted by molar-refractivity contribution is 6.13. The molecule has 0 aromatic heterocycles. The SMILES string of the molecule is O=C(c1ccc2c(c1)C1(OCCCO1)C(=O)N2CC1CC1)c1ccccc1OC(F)(F)F. The zero-order chi connectivity index (χ0) is 22.5. The summed E-state index contributed by atoms with van der Waals surface area (Å²) in [6, 6.07) is 9.78. The maximum atomic E-state index is 13.3. The van der Waals surface area contributed by atoms with Gasteiger partial charge in [0.2, 0.25) is 0 Å². The molecule has 2 heterocycles. The predicted molar refractivity (Wildman–Crippen MR) is 106 cm³/mol. The van der Waals surface area contributed by atoms with Crippen LogP contribution < -0.4 is 9.64 Å². The van der Waals surface area contributed by atoms with Gasteiger partial charge in [-0.1, -0.05) is 12.1 Å². The fraction of sp³-hybridized carbons (Fsp3) is 0.391. The summed E-state index contributed by atoms with van der Waals surface area (Å²) >= 11 is 0. The highest BCUT2D eigenvalue weighted by Gasteiger charge is 2.55. The molecule has 2 fully saturated rings. The van der Waals surface area contributed by atoms with Crippen LogP contribution in [-0.4, -0.2) is 37.8 Å². The third-order valence-corrected chi connectivity index (χ3v) is 5.83. The molecule has 2 aromatic carbocycles. The normalized spacial score (nSPS) is 19.8. The van der Waals surface area contributed by atoms with Gasteiger partial charge in [-0.3, -0.25) is 9.59 Å². The van der Waals surface area contributed by atoms with Crippen molar-refractivity contribution in [2.75, 3.05) is 24.7 Å². The van der Waals surface area contributed by atoms with Crippen LogP contribution in [0.15, 0.2) is 42.5 Å². The van der Waals surface area contributed by atoms with Gasteiger partial charge in [0, 0.05) is 17.7 Å². The molecular formula is C23H20F3NO5. The van der Waals surface area contributed by atoms with Gasteiger partial charge in [0.25, 0.3) is 11.7 Å². The number of para-hydroxylation sites is 1. The Balaban J connectivity index is 1.55. The third-order valence-electron chi connectivity index (χ3n) is 5.83. The number of anilines is 1. The molecule has 1 amide bonds. The lowest BCUT2D eigenvalue weighted by atomic mass is 9.97. The average molecular weight is 447 g/mol. The lowest BCUT2D eigenvalue weighted by Crippen LogP contribution is -2.47. The topological polar surface area (TPSA) is 65.1 Å². The summed E-state index contributed by atoms with van der Waals surface area (Å²) in [6.07, 6.45) is -2.22. The summed E-state index contributed by atoms with van der Waals surface area (Å²) in [4.78, 5) is 28.1. The Morgan fingerprint density at radius 2 is 1.84 bits per heavy atom. The number of nitrogens with zero attached hydrogens (tertiary/aromatic N) is 1. The van der Waals surface area contributed by atoms with Crippen LogP contribution >= 0.6 is 0 Å². The van der Waals surface area contributed by atoms with E-state index >= 15 is 0 Å². The number of hydrogen-bond acceptors (Lipinski definition) is 5. The number of hydrogen-bond donors (Lipinski definition) is 0. The number of fused-ring (bicyclic) bond motifs is 2. The first-order chi connectivity index (χ1) is 15.3. The van der Waals surface area contributed by atoms with Gasteiger partial charge in [-0.05, 0) is 55.5 Å². The number of ether oxygens (including phenoxy) is 3. The fourth-order valence-electron chi connectivity index (χ4n) is 4.15. The van der Waals surface area contributed by atoms with Crippen molar-refractivity contribution in [1.29, 1.82) is 0 Å². The molecule has 0 atom stereocenters. The van der Waals surface area contributed by atoms with E-state index < -0.39 is 23.7 Å². The van der Waals surface area contributed by atoms with Gasteiger partial charge < -0.3 is 19.1 Å². The number of carbonyl (C=O) groups is 2. The zero-order valence-electron chi connectivity index (χ0n) is 17.0. The van der Waals surface area contributed by atoms with Crippen LogP contribution in [0.1, 0.15) is 40.7 Å². The Morgan fingerprint density at radius 3 is 2.53 bits per heavy atom. The molecule has 9 heteroatoms. The van der Waals surface area contributed by atoms with Crippen LogP contribution in [0.3, 0.4) is 0 Å². The lowest BCUT2D eigenvalue weighted by molar-refractivity contribution is -0.274. The van der Waals surface area contributed by atoms with E-state index in [0.717, 1.165) is 18.9 Å². The minimum atomic E-state index is -4.93. The highest BCUT2D eigenvalue weighted by Crippen LogP contribution is 2.47. The molecule has 2 aliphatic heterocycles. The van der Waals surface area contributed by atoms with E-state index in [9.17, 15) is 22.8 Å². The zero-order valence-corrected chi connectivity index (χ0v) is 17.0. The van der Waals surface area contributed by atoms with E-state index in [1.165, 1.54) is 30.3 Å². The third kappa shape index (κ3) is 3.65. The molecule has 1 spiro atoms. The largest absolute Gasteiger partial charge is 0.573 e. The second kappa shape index (κ2) is 7.60. The van der Waals surface area contributed by atoms with Gasteiger partial charge in [0.1, 0.15) is 5.75 Å². The van der Waals surface area contributed by atoms with Crippen molar-refractivity contribution in [3.63, 3.8) is 0 Å². The lowest BCUT2D eigenvalue weighted by Gasteiger charge is -2.32. The molecule has 32 heavy (non-hydrogen) atoms. The van der Waals surface area contributed by atoms with Crippen molar-refractivity contribution in [3.8, 4) is 5.75 Å². The van der Waals surface area contributed by atoms with Gasteiger partial charge in [0.15, 0.2) is 5.78 Å². The summed E-state index contributed by atoms with van der Waals surface area (Å²) in [5.41, 5.74) is 0.881. The van der Waals surface area contributed by atoms with Gasteiger partial charge in [-0.15, -0.1) is 13.2 Å². The van der Waals surface area contributed by atoms with Crippen LogP contribution in [0.2, 0.25) is 0 Å². The van der Waals surface area contributed by atoms with Crippen LogP contribution in [0.5, 0.6) is 5.75 Å². The number of rotatable bonds is 5. The maximum absolute atomic E-state index is 13.3. The molecule has 6 nitrogen and oxygen atoms in total. The summed E-state index contributed by atoms with van der Waals surface area (Å²) in [7, 11) is 0. The van der Waals surface area contributed by atoms with Gasteiger partial charge in [-0.25, -0.2) is 0 Å². The molecule has 0 N–H and O–H groups in total. The van der Waals surface area contributed by atoms with E-state index in [1.807, 2.05) is 0 Å². The number of ketones is 1. The first kappa shape index (κ1) is 21.0. The van der Waals surface area contributed by atoms with Crippen molar-refractivity contribution in [2.24, 2.45) is 5.92 Å². The standard InChI is InChI=1S/C23H20F3NO5/c24-23(25,26)32-19-5-2-1-4-16(19)20(28)15-8-9-18-17(12-15)22(30-10-3-11-31-22)21(29)27(18)13-14-6-7-14/h1-2,4-5,8-9,12,14H,3,6-7,10-11,13H2. The molecule has 0 radical (unpaired) electrons. The minimum absolute atomic E-state index is 0.111. The Morgan fingerprint density at radius 1 is 1.12 bits per heavy atom. The van der Waals surface area contributed by atoms with Crippen molar-refractivity contribution < 1.29 is 37.0 Å². The first-order valence-electron chi connectivity index (χ1n) is 10.4. The molecular weight excluding hydrogens is 427 g/mol. The van der Waals surface area contributed by atoms with E-state index in [2.05, 4.69) is 4.74 Å². The monoisotopic (exact) mass is 447 g/mol. The Hall–Kier alpha value is -2.91. The molecule has 0 unspecified atom stereocenters. The summed E-state index contributed by atoms with van der Waals surface area (Å²) < 4.78 is 54.1. The fourth-order valence-corrected chi connectivity index (χ4v) is 4.15. The molecule has 1 saturated heterocycles. The number of alkyl halides is 3. The number of amides is 1. The van der Waals surface area contributed by atoms with Gasteiger partial charge >= 0.3 is 6.36 Å². The smallest absolute Gasteiger partial charge is 0.405 e. The number of benzene rings is 2. The summed E-state index contributed by atoms with van der Waals surface area (Å²) in [5.74, 6) is -2.79. The number of carbonyl (C=O) groups excluding carboxylic acids is 2. The van der Waals surface area contributed by atoms with Crippen molar-refractivity contribution in [1.82, 2.24) is 0 Å². The quantitative estimate of drug-likeness (QED) is 0.644. The van der Waals surface area contributed by atoms with E-state index in [-0.39, 0.29) is 17.0 Å². The predicted octanol–water partition coefficient (Wildman–Crippen LogP) is 4.16. The molecule has 5 rings (SSSR count). The Labute approximate surface area is 181 Å². The maximum Gasteiger partial charge on any atom is 0.573 e. The van der Waals surface area contributed by atoms with Crippen LogP contribution in [0.25, 0.3) is 0 Å². The molecule has 0 bridgehead atoms. The Kier molecular flexibility index (Phi) is 4.98. The number of halogens is 3. The molecule has 2 aromatic rings. The second-order valence-electron chi connectivity index (χ2n) is 8.13. The van der Waals surface area contributed by atoms with Gasteiger partial charge in [-0.2, -0.15) is 0 Å². The van der Waals surface area contributed by atoms with Gasteiger partial charge in [0.05, 0.1) is 24.5 Å². The molecule has 1 saturated carbocycles. The first-order valence-corrected chi connectivity index (χ1v) is 10.4. The van der Waals surface area contributed by atoms with Crippen LogP contribution in [-0.2, 0) is 20.1 Å². The molecule has 1 aliphatic carbocycles. The van der Waals surface area contributed by atoms with Crippen LogP contribution in [0, 0.1) is 5.92 Å². The van der Waals surface area contributed by atoms with E-state index in [4.69, 9.17) is 9.47 Å². The van der Waals surface area contributed by atoms with Crippen molar-refractivity contribution in [2.45, 2.75) is 31.4 Å². The Bertz CT molecular complexity index is 1070. The highest BCUT2D eigenvalue weighted by atomic mass is 19.4. The van der Waals surface area contributed by atoms with Crippen LogP contribution in [0.4, 0.5) is 18.9 Å². The molecule has 168 valence electrons. The second-order valence-corrected chi connectivity index (χ2v) is 8.13. The summed E-state index contributed by atoms with van der Waals surface area (Å²) in [5, 5.41) is 0. The van der Waals surface area contributed by atoms with E-state index in [1.54, 1.807) is 11.0 Å². The molecule has 3 aliphatic rings. The van der Waals surface area contributed by atoms with Crippen molar-refractivity contribution >= 4 is 17.4 Å². The average Bonchev–Trinajstić information content (AvgIpc) is 3.57. The van der Waals surface area contributed by atoms with Crippen molar-refractivity contribution in [3.05, 3.63) is 59.2 Å². The van der Waals surface area contributed by atoms with E-state index in [0.29, 0.717) is 43.3 Å². The summed E-state index contributed by atoms with van der Waals surface area (Å²) in [6.45, 7) is 1.18.